The van der Waals surface area contributed by atoms with Crippen LogP contribution in [0.25, 0.3) is 0 Å². The van der Waals surface area contributed by atoms with E-state index < -0.39 is 22.2 Å². The number of hydrogen-bond donors (Lipinski definition) is 0. The number of thioether (sulfide) groups is 1. The third kappa shape index (κ3) is 1.86. The molecule has 1 aliphatic rings. The molecule has 1 heterocycles. The number of carbonyl (C=O) groups excluding carboxylic acids is 1. The Labute approximate surface area is 97.2 Å². The average molecular weight is 242 g/mol. The van der Waals surface area contributed by atoms with Gasteiger partial charge in [0, 0.05) is 0 Å². The summed E-state index contributed by atoms with van der Waals surface area (Å²) in [6, 6.07) is 3.52. The van der Waals surface area contributed by atoms with Crippen molar-refractivity contribution in [1.29, 1.82) is 0 Å². The first-order valence-electron chi connectivity index (χ1n) is 5.17. The Bertz CT molecular complexity index is 405. The van der Waals surface area contributed by atoms with Gasteiger partial charge >= 0.3 is 0 Å². The third-order valence-electron chi connectivity index (χ3n) is 2.89. The van der Waals surface area contributed by atoms with E-state index in [1.54, 1.807) is 6.92 Å². The van der Waals surface area contributed by atoms with Crippen LogP contribution in [0.5, 0.6) is 0 Å². The van der Waals surface area contributed by atoms with Crippen LogP contribution < -0.4 is 0 Å². The molecule has 0 aliphatic carbocycles. The van der Waals surface area contributed by atoms with Crippen LogP contribution in [-0.2, 0) is 0 Å². The lowest BCUT2D eigenvalue weighted by Crippen LogP contribution is -2.30. The molecule has 0 N–H and O–H groups in total. The van der Waals surface area contributed by atoms with Gasteiger partial charge in [0.1, 0.15) is 11.6 Å². The van der Waals surface area contributed by atoms with E-state index in [0.717, 1.165) is 24.3 Å². The van der Waals surface area contributed by atoms with E-state index in [9.17, 15) is 13.6 Å². The van der Waals surface area contributed by atoms with Gasteiger partial charge in [-0.3, -0.25) is 4.79 Å². The number of ketones is 1. The predicted octanol–water partition coefficient (Wildman–Crippen LogP) is 3.43. The lowest BCUT2D eigenvalue weighted by molar-refractivity contribution is 0.0940. The molecule has 1 aliphatic heterocycles. The third-order valence-corrected chi connectivity index (χ3v) is 4.41. The minimum Gasteiger partial charge on any atom is -0.292 e. The molecule has 0 radical (unpaired) electrons. The molecule has 86 valence electrons. The van der Waals surface area contributed by atoms with Crippen molar-refractivity contribution in [3.63, 3.8) is 0 Å². The van der Waals surface area contributed by atoms with Crippen LogP contribution in [0.2, 0.25) is 0 Å². The molecule has 1 fully saturated rings. The van der Waals surface area contributed by atoms with Gasteiger partial charge in [0.05, 0.1) is 10.3 Å². The van der Waals surface area contributed by atoms with Crippen LogP contribution in [0, 0.1) is 11.6 Å². The van der Waals surface area contributed by atoms with Crippen molar-refractivity contribution in [3.8, 4) is 0 Å². The van der Waals surface area contributed by atoms with Crippen molar-refractivity contribution in [1.82, 2.24) is 0 Å². The number of carbonyl (C=O) groups is 1. The molecule has 1 atom stereocenters. The first-order chi connectivity index (χ1) is 7.54. The summed E-state index contributed by atoms with van der Waals surface area (Å²) in [5, 5.41) is 0. The van der Waals surface area contributed by atoms with E-state index in [1.807, 2.05) is 0 Å². The molecule has 1 aromatic carbocycles. The molecule has 1 nitrogen and oxygen atoms in total. The normalized spacial score (nSPS) is 24.7. The number of rotatable bonds is 2. The average Bonchev–Trinajstić information content (AvgIpc) is 2.66. The van der Waals surface area contributed by atoms with E-state index in [-0.39, 0.29) is 5.56 Å². The minimum atomic E-state index is -0.765. The van der Waals surface area contributed by atoms with Crippen LogP contribution in [0.15, 0.2) is 18.2 Å². The summed E-state index contributed by atoms with van der Waals surface area (Å²) in [7, 11) is 0. The van der Waals surface area contributed by atoms with Crippen molar-refractivity contribution >= 4 is 17.5 Å². The number of hydrogen-bond acceptors (Lipinski definition) is 2. The van der Waals surface area contributed by atoms with Crippen LogP contribution in [0.3, 0.4) is 0 Å². The number of Topliss-reactive ketones (excluding diaryl/α,β-unsaturated/α-hetero) is 1. The van der Waals surface area contributed by atoms with Gasteiger partial charge in [-0.25, -0.2) is 8.78 Å². The molecule has 0 amide bonds. The Morgan fingerprint density at radius 3 is 2.50 bits per heavy atom. The lowest BCUT2D eigenvalue weighted by atomic mass is 9.94. The summed E-state index contributed by atoms with van der Waals surface area (Å²) >= 11 is 1.48. The molecule has 0 bridgehead atoms. The van der Waals surface area contributed by atoms with Crippen molar-refractivity contribution in [3.05, 3.63) is 35.4 Å². The van der Waals surface area contributed by atoms with Gasteiger partial charge in [-0.2, -0.15) is 0 Å². The molecular formula is C12H12F2OS. The lowest BCUT2D eigenvalue weighted by Gasteiger charge is -2.21. The molecule has 0 aromatic heterocycles. The Kier molecular flexibility index (Phi) is 3.02. The van der Waals surface area contributed by atoms with Crippen molar-refractivity contribution in [2.45, 2.75) is 24.5 Å². The van der Waals surface area contributed by atoms with E-state index in [1.165, 1.54) is 17.8 Å². The molecule has 1 saturated heterocycles. The summed E-state index contributed by atoms with van der Waals surface area (Å²) in [5.74, 6) is -1.08. The van der Waals surface area contributed by atoms with Gasteiger partial charge in [0.15, 0.2) is 5.78 Å². The van der Waals surface area contributed by atoms with Crippen molar-refractivity contribution in [2.75, 3.05) is 5.75 Å². The van der Waals surface area contributed by atoms with E-state index in [2.05, 4.69) is 0 Å². The summed E-state index contributed by atoms with van der Waals surface area (Å²) in [5.41, 5.74) is -0.389. The fourth-order valence-corrected chi connectivity index (χ4v) is 3.20. The van der Waals surface area contributed by atoms with Crippen LogP contribution >= 0.6 is 11.8 Å². The van der Waals surface area contributed by atoms with Crippen molar-refractivity contribution in [2.24, 2.45) is 0 Å². The maximum absolute atomic E-state index is 13.5. The number of benzene rings is 1. The largest absolute Gasteiger partial charge is 0.292 e. The highest BCUT2D eigenvalue weighted by molar-refractivity contribution is 8.01. The molecule has 16 heavy (non-hydrogen) atoms. The molecule has 0 spiro atoms. The van der Waals surface area contributed by atoms with Crippen LogP contribution in [0.1, 0.15) is 30.1 Å². The molecule has 1 unspecified atom stereocenters. The summed E-state index contributed by atoms with van der Waals surface area (Å²) in [4.78, 5) is 12.1. The molecular weight excluding hydrogens is 230 g/mol. The quantitative estimate of drug-likeness (QED) is 0.739. The Balaban J connectivity index is 2.41. The zero-order valence-electron chi connectivity index (χ0n) is 8.93. The van der Waals surface area contributed by atoms with E-state index in [0.29, 0.717) is 6.42 Å². The highest BCUT2D eigenvalue weighted by Crippen LogP contribution is 2.40. The standard InChI is InChI=1S/C12H12F2OS/c1-12(6-3-7-16-12)11(15)10-8(13)4-2-5-9(10)14/h2,4-5H,3,6-7H2,1H3. The maximum atomic E-state index is 13.5. The second-order valence-corrected chi connectivity index (χ2v) is 5.71. The van der Waals surface area contributed by atoms with Crippen LogP contribution in [0.4, 0.5) is 8.78 Å². The predicted molar refractivity (Wildman–Crippen MR) is 60.8 cm³/mol. The topological polar surface area (TPSA) is 17.1 Å². The summed E-state index contributed by atoms with van der Waals surface area (Å²) in [6.07, 6.45) is 1.60. The Hall–Kier alpha value is -0.900. The van der Waals surface area contributed by atoms with Gasteiger partial charge in [0.25, 0.3) is 0 Å². The highest BCUT2D eigenvalue weighted by atomic mass is 32.2. The van der Waals surface area contributed by atoms with Gasteiger partial charge in [0.2, 0.25) is 0 Å². The zero-order valence-corrected chi connectivity index (χ0v) is 9.74. The summed E-state index contributed by atoms with van der Waals surface area (Å²) < 4.78 is 26.2. The molecule has 4 heteroatoms. The SMILES string of the molecule is CC1(C(=O)c2c(F)cccc2F)CCCS1. The second kappa shape index (κ2) is 4.17. The fourth-order valence-electron chi connectivity index (χ4n) is 1.94. The van der Waals surface area contributed by atoms with E-state index in [4.69, 9.17) is 0 Å². The summed E-state index contributed by atoms with van der Waals surface area (Å²) in [6.45, 7) is 1.76. The Morgan fingerprint density at radius 2 is 2.00 bits per heavy atom. The molecule has 0 saturated carbocycles. The first kappa shape index (κ1) is 11.6. The smallest absolute Gasteiger partial charge is 0.184 e. The molecule has 2 rings (SSSR count). The molecule has 1 aromatic rings. The van der Waals surface area contributed by atoms with E-state index >= 15 is 0 Å². The monoisotopic (exact) mass is 242 g/mol. The maximum Gasteiger partial charge on any atom is 0.184 e. The first-order valence-corrected chi connectivity index (χ1v) is 6.16. The number of halogens is 2. The second-order valence-electron chi connectivity index (χ2n) is 4.11. The fraction of sp³-hybridized carbons (Fsp3) is 0.417. The zero-order chi connectivity index (χ0) is 11.8. The Morgan fingerprint density at radius 1 is 1.38 bits per heavy atom. The van der Waals surface area contributed by atoms with Crippen LogP contribution in [-0.4, -0.2) is 16.3 Å². The van der Waals surface area contributed by atoms with Crippen molar-refractivity contribution < 1.29 is 13.6 Å². The van der Waals surface area contributed by atoms with Gasteiger partial charge in [-0.1, -0.05) is 6.07 Å². The van der Waals surface area contributed by atoms with Gasteiger partial charge < -0.3 is 0 Å². The van der Waals surface area contributed by atoms with Gasteiger partial charge in [-0.05, 0) is 37.7 Å². The minimum absolute atomic E-state index is 0.389. The van der Waals surface area contributed by atoms with Gasteiger partial charge in [-0.15, -0.1) is 11.8 Å². The highest BCUT2D eigenvalue weighted by Gasteiger charge is 2.39.